The van der Waals surface area contributed by atoms with E-state index in [0.717, 1.165) is 24.8 Å². The summed E-state index contributed by atoms with van der Waals surface area (Å²) in [5.74, 6) is -0.908. The number of carbonyl (C=O) groups excluding carboxylic acids is 2. The third-order valence-corrected chi connectivity index (χ3v) is 5.32. The van der Waals surface area contributed by atoms with Crippen molar-refractivity contribution in [2.24, 2.45) is 0 Å². The number of esters is 1. The Hall–Kier alpha value is -3.15. The molecule has 0 saturated heterocycles. The average molecular weight is 363 g/mol. The van der Waals surface area contributed by atoms with E-state index < -0.39 is 5.97 Å². The van der Waals surface area contributed by atoms with Gasteiger partial charge in [-0.05, 0) is 24.5 Å². The molecule has 27 heavy (non-hydrogen) atoms. The van der Waals surface area contributed by atoms with Crippen LogP contribution in [0.15, 0.2) is 54.6 Å². The summed E-state index contributed by atoms with van der Waals surface area (Å²) in [5.41, 5.74) is 2.19. The number of H-pyrrole nitrogens is 1. The van der Waals surface area contributed by atoms with Gasteiger partial charge in [0.1, 0.15) is 0 Å². The molecule has 1 amide bonds. The molecule has 1 aliphatic carbocycles. The van der Waals surface area contributed by atoms with E-state index in [2.05, 4.69) is 27.6 Å². The summed E-state index contributed by atoms with van der Waals surface area (Å²) in [5, 5.41) is 10.4. The molecule has 2 N–H and O–H groups in total. The molecule has 6 heteroatoms. The number of carbonyl (C=O) groups is 2. The van der Waals surface area contributed by atoms with Gasteiger partial charge in [-0.15, -0.1) is 0 Å². The highest BCUT2D eigenvalue weighted by molar-refractivity contribution is 6.02. The number of aromatic amines is 1. The van der Waals surface area contributed by atoms with Gasteiger partial charge < -0.3 is 10.1 Å². The van der Waals surface area contributed by atoms with Crippen molar-refractivity contribution < 1.29 is 14.3 Å². The Labute approximate surface area is 156 Å². The molecule has 0 spiro atoms. The van der Waals surface area contributed by atoms with Crippen molar-refractivity contribution in [3.05, 3.63) is 65.9 Å². The fourth-order valence-corrected chi connectivity index (χ4v) is 3.60. The van der Waals surface area contributed by atoms with Crippen LogP contribution in [0.3, 0.4) is 0 Å². The van der Waals surface area contributed by atoms with Gasteiger partial charge in [-0.3, -0.25) is 9.89 Å². The predicted octanol–water partition coefficient (Wildman–Crippen LogP) is 2.96. The van der Waals surface area contributed by atoms with Crippen LogP contribution in [0.4, 0.5) is 0 Å². The molecule has 1 aromatic heterocycles. The van der Waals surface area contributed by atoms with Crippen LogP contribution >= 0.6 is 0 Å². The fourth-order valence-electron chi connectivity index (χ4n) is 3.60. The van der Waals surface area contributed by atoms with Crippen LogP contribution in [0.2, 0.25) is 0 Å². The first-order valence-corrected chi connectivity index (χ1v) is 9.10. The number of nitrogens with one attached hydrogen (secondary N) is 2. The predicted molar refractivity (Wildman–Crippen MR) is 101 cm³/mol. The van der Waals surface area contributed by atoms with Crippen molar-refractivity contribution in [1.82, 2.24) is 15.5 Å². The van der Waals surface area contributed by atoms with Crippen LogP contribution in [-0.2, 0) is 14.9 Å². The second-order valence-corrected chi connectivity index (χ2v) is 6.97. The lowest BCUT2D eigenvalue weighted by atomic mass is 9.64. The molecule has 4 rings (SSSR count). The molecular weight excluding hydrogens is 342 g/mol. The lowest BCUT2D eigenvalue weighted by Gasteiger charge is -2.42. The molecule has 0 unspecified atom stereocenters. The number of aromatic nitrogens is 2. The zero-order valence-corrected chi connectivity index (χ0v) is 14.9. The molecule has 3 aromatic rings. The molecule has 1 saturated carbocycles. The highest BCUT2D eigenvalue weighted by Gasteiger charge is 2.38. The minimum atomic E-state index is -0.607. The van der Waals surface area contributed by atoms with Gasteiger partial charge >= 0.3 is 5.97 Å². The van der Waals surface area contributed by atoms with Gasteiger partial charge in [0.2, 0.25) is 0 Å². The number of rotatable bonds is 6. The van der Waals surface area contributed by atoms with E-state index in [1.165, 1.54) is 5.56 Å². The molecule has 0 radical (unpaired) electrons. The van der Waals surface area contributed by atoms with Crippen LogP contribution in [-0.4, -0.2) is 35.2 Å². The normalized spacial score (nSPS) is 15.1. The summed E-state index contributed by atoms with van der Waals surface area (Å²) in [6, 6.07) is 17.5. The van der Waals surface area contributed by atoms with Gasteiger partial charge in [0.05, 0.1) is 5.52 Å². The van der Waals surface area contributed by atoms with Crippen molar-refractivity contribution in [2.75, 3.05) is 13.2 Å². The van der Waals surface area contributed by atoms with Gasteiger partial charge in [0.15, 0.2) is 12.3 Å². The molecule has 138 valence electrons. The van der Waals surface area contributed by atoms with Gasteiger partial charge in [-0.1, -0.05) is 55.0 Å². The average Bonchev–Trinajstić information content (AvgIpc) is 3.10. The Bertz CT molecular complexity index is 961. The highest BCUT2D eigenvalue weighted by Crippen LogP contribution is 2.43. The number of amides is 1. The number of ether oxygens (including phenoxy) is 1. The van der Waals surface area contributed by atoms with Crippen LogP contribution < -0.4 is 5.32 Å². The van der Waals surface area contributed by atoms with Crippen molar-refractivity contribution in [3.8, 4) is 0 Å². The number of para-hydroxylation sites is 1. The van der Waals surface area contributed by atoms with Gasteiger partial charge in [-0.25, -0.2) is 4.79 Å². The lowest BCUT2D eigenvalue weighted by molar-refractivity contribution is -0.124. The first kappa shape index (κ1) is 17.3. The Balaban J connectivity index is 1.33. The van der Waals surface area contributed by atoms with E-state index in [9.17, 15) is 9.59 Å². The van der Waals surface area contributed by atoms with E-state index in [4.69, 9.17) is 4.74 Å². The first-order chi connectivity index (χ1) is 13.2. The van der Waals surface area contributed by atoms with E-state index in [0.29, 0.717) is 11.9 Å². The highest BCUT2D eigenvalue weighted by atomic mass is 16.5. The molecule has 0 aliphatic heterocycles. The largest absolute Gasteiger partial charge is 0.451 e. The molecule has 0 atom stereocenters. The van der Waals surface area contributed by atoms with Crippen LogP contribution in [0.5, 0.6) is 0 Å². The summed E-state index contributed by atoms with van der Waals surface area (Å²) in [7, 11) is 0. The maximum Gasteiger partial charge on any atom is 0.359 e. The third kappa shape index (κ3) is 3.43. The number of fused-ring (bicyclic) bond motifs is 1. The van der Waals surface area contributed by atoms with Crippen molar-refractivity contribution in [2.45, 2.75) is 24.7 Å². The summed E-state index contributed by atoms with van der Waals surface area (Å²) >= 11 is 0. The Morgan fingerprint density at radius 3 is 2.56 bits per heavy atom. The summed E-state index contributed by atoms with van der Waals surface area (Å²) in [6.07, 6.45) is 3.26. The first-order valence-electron chi connectivity index (χ1n) is 9.10. The second kappa shape index (κ2) is 7.23. The SMILES string of the molecule is O=C(COC(=O)c1n[nH]c2ccccc12)NCC1(c2ccccc2)CCC1. The molecule has 1 heterocycles. The minimum Gasteiger partial charge on any atom is -0.451 e. The van der Waals surface area contributed by atoms with E-state index in [1.807, 2.05) is 36.4 Å². The van der Waals surface area contributed by atoms with Crippen molar-refractivity contribution in [1.29, 1.82) is 0 Å². The smallest absolute Gasteiger partial charge is 0.359 e. The topological polar surface area (TPSA) is 84.1 Å². The minimum absolute atomic E-state index is 0.000670. The standard InChI is InChI=1S/C21H21N3O3/c25-18(22-14-21(11-6-12-21)15-7-2-1-3-8-15)13-27-20(26)19-16-9-4-5-10-17(16)23-24-19/h1-5,7-10H,6,11-14H2,(H,22,25)(H,23,24). The van der Waals surface area contributed by atoms with Gasteiger partial charge in [0.25, 0.3) is 5.91 Å². The molecule has 2 aromatic carbocycles. The number of hydrogen-bond acceptors (Lipinski definition) is 4. The van der Waals surface area contributed by atoms with Crippen molar-refractivity contribution in [3.63, 3.8) is 0 Å². The van der Waals surface area contributed by atoms with E-state index in [1.54, 1.807) is 6.07 Å². The van der Waals surface area contributed by atoms with E-state index >= 15 is 0 Å². The monoisotopic (exact) mass is 363 g/mol. The van der Waals surface area contributed by atoms with Gasteiger partial charge in [-0.2, -0.15) is 5.10 Å². The van der Waals surface area contributed by atoms with E-state index in [-0.39, 0.29) is 23.6 Å². The zero-order chi connectivity index (χ0) is 18.7. The molecule has 1 aliphatic rings. The quantitative estimate of drug-likeness (QED) is 0.660. The third-order valence-electron chi connectivity index (χ3n) is 5.32. The molecule has 0 bridgehead atoms. The number of benzene rings is 2. The summed E-state index contributed by atoms with van der Waals surface area (Å²) < 4.78 is 5.15. The Morgan fingerprint density at radius 1 is 1.07 bits per heavy atom. The number of nitrogens with zero attached hydrogens (tertiary/aromatic N) is 1. The Kier molecular flexibility index (Phi) is 4.62. The second-order valence-electron chi connectivity index (χ2n) is 6.97. The molecule has 6 nitrogen and oxygen atoms in total. The van der Waals surface area contributed by atoms with Crippen molar-refractivity contribution >= 4 is 22.8 Å². The number of hydrogen-bond donors (Lipinski definition) is 2. The van der Waals surface area contributed by atoms with Crippen LogP contribution in [0.1, 0.15) is 35.3 Å². The maximum absolute atomic E-state index is 12.2. The zero-order valence-electron chi connectivity index (χ0n) is 14.9. The summed E-state index contributed by atoms with van der Waals surface area (Å²) in [4.78, 5) is 24.4. The lowest BCUT2D eigenvalue weighted by Crippen LogP contribution is -2.46. The van der Waals surface area contributed by atoms with Gasteiger partial charge in [0, 0.05) is 17.3 Å². The Morgan fingerprint density at radius 2 is 1.81 bits per heavy atom. The maximum atomic E-state index is 12.2. The summed E-state index contributed by atoms with van der Waals surface area (Å²) in [6.45, 7) is 0.240. The van der Waals surface area contributed by atoms with Crippen LogP contribution in [0, 0.1) is 0 Å². The molecular formula is C21H21N3O3. The molecule has 1 fully saturated rings. The van der Waals surface area contributed by atoms with Crippen LogP contribution in [0.25, 0.3) is 10.9 Å². The fraction of sp³-hybridized carbons (Fsp3) is 0.286.